The van der Waals surface area contributed by atoms with Crippen molar-refractivity contribution in [2.24, 2.45) is 0 Å². The predicted molar refractivity (Wildman–Crippen MR) is 69.3 cm³/mol. The largest absolute Gasteiger partial charge is 0.478 e. The number of methoxy groups -OCH3 is 1. The molecule has 0 spiro atoms. The number of carboxylic acids is 1. The van der Waals surface area contributed by atoms with E-state index in [4.69, 9.17) is 14.6 Å². The zero-order valence-electron chi connectivity index (χ0n) is 11.0. The van der Waals surface area contributed by atoms with Crippen molar-refractivity contribution >= 4 is 17.6 Å². The molecule has 1 aromatic carbocycles. The Balaban J connectivity index is 2.44. The number of benzene rings is 1. The number of hydrogen-bond acceptors (Lipinski definition) is 4. The molecule has 0 saturated heterocycles. The standard InChI is InChI=1S/C13H16FNO5/c1-19-6-7-20-5-4-12(16)15-11-3-2-9(13(17)18)8-10(11)14/h2-3,8H,4-7H2,1H3,(H,15,16)(H,17,18). The van der Waals surface area contributed by atoms with E-state index in [9.17, 15) is 14.0 Å². The van der Waals surface area contributed by atoms with Gasteiger partial charge in [-0.2, -0.15) is 0 Å². The highest BCUT2D eigenvalue weighted by molar-refractivity contribution is 5.92. The minimum absolute atomic E-state index is 0.0584. The quantitative estimate of drug-likeness (QED) is 0.707. The van der Waals surface area contributed by atoms with E-state index in [1.54, 1.807) is 7.11 Å². The van der Waals surface area contributed by atoms with Crippen LogP contribution in [0, 0.1) is 5.82 Å². The van der Waals surface area contributed by atoms with Crippen LogP contribution < -0.4 is 5.32 Å². The van der Waals surface area contributed by atoms with Crippen molar-refractivity contribution in [2.45, 2.75) is 6.42 Å². The van der Waals surface area contributed by atoms with Gasteiger partial charge in [-0.3, -0.25) is 4.79 Å². The highest BCUT2D eigenvalue weighted by Gasteiger charge is 2.10. The second-order valence-electron chi connectivity index (χ2n) is 3.90. The summed E-state index contributed by atoms with van der Waals surface area (Å²) in [6, 6.07) is 3.28. The molecule has 6 nitrogen and oxygen atoms in total. The van der Waals surface area contributed by atoms with E-state index in [0.29, 0.717) is 13.2 Å². The predicted octanol–water partition coefficient (Wildman–Crippen LogP) is 1.52. The fourth-order valence-corrected chi connectivity index (χ4v) is 1.37. The Morgan fingerprint density at radius 2 is 2.05 bits per heavy atom. The number of halogens is 1. The van der Waals surface area contributed by atoms with E-state index in [-0.39, 0.29) is 24.3 Å². The molecule has 0 heterocycles. The topological polar surface area (TPSA) is 84.9 Å². The Kier molecular flexibility index (Phi) is 6.61. The molecule has 0 aromatic heterocycles. The summed E-state index contributed by atoms with van der Waals surface area (Å²) in [5, 5.41) is 11.0. The van der Waals surface area contributed by atoms with Gasteiger partial charge in [-0.1, -0.05) is 0 Å². The minimum atomic E-state index is -1.23. The van der Waals surface area contributed by atoms with Gasteiger partial charge in [0.1, 0.15) is 5.82 Å². The van der Waals surface area contributed by atoms with E-state index >= 15 is 0 Å². The average Bonchev–Trinajstić information content (AvgIpc) is 2.40. The lowest BCUT2D eigenvalue weighted by Gasteiger charge is -2.07. The Morgan fingerprint density at radius 3 is 2.65 bits per heavy atom. The molecule has 1 amide bonds. The van der Waals surface area contributed by atoms with Crippen LogP contribution in [0.5, 0.6) is 0 Å². The Morgan fingerprint density at radius 1 is 1.30 bits per heavy atom. The monoisotopic (exact) mass is 285 g/mol. The fraction of sp³-hybridized carbons (Fsp3) is 0.385. The maximum Gasteiger partial charge on any atom is 0.335 e. The van der Waals surface area contributed by atoms with Crippen molar-refractivity contribution < 1.29 is 28.6 Å². The minimum Gasteiger partial charge on any atom is -0.478 e. The van der Waals surface area contributed by atoms with Gasteiger partial charge in [0.25, 0.3) is 0 Å². The summed E-state index contributed by atoms with van der Waals surface area (Å²) in [7, 11) is 1.54. The van der Waals surface area contributed by atoms with Crippen molar-refractivity contribution in [1.82, 2.24) is 0 Å². The van der Waals surface area contributed by atoms with Gasteiger partial charge in [0.2, 0.25) is 5.91 Å². The molecule has 0 bridgehead atoms. The normalized spacial score (nSPS) is 10.3. The number of hydrogen-bond donors (Lipinski definition) is 2. The second kappa shape index (κ2) is 8.23. The van der Waals surface area contributed by atoms with Crippen molar-refractivity contribution in [2.75, 3.05) is 32.2 Å². The summed E-state index contributed by atoms with van der Waals surface area (Å²) in [6.07, 6.45) is 0.0733. The molecule has 20 heavy (non-hydrogen) atoms. The van der Waals surface area contributed by atoms with Crippen molar-refractivity contribution in [3.63, 3.8) is 0 Å². The zero-order valence-corrected chi connectivity index (χ0v) is 11.0. The first-order chi connectivity index (χ1) is 9.54. The van der Waals surface area contributed by atoms with Crippen LogP contribution in [0.1, 0.15) is 16.8 Å². The lowest BCUT2D eigenvalue weighted by atomic mass is 10.2. The molecule has 2 N–H and O–H groups in total. The van der Waals surface area contributed by atoms with Crippen LogP contribution in [0.2, 0.25) is 0 Å². The van der Waals surface area contributed by atoms with Crippen LogP contribution in [-0.2, 0) is 14.3 Å². The summed E-state index contributed by atoms with van der Waals surface area (Å²) >= 11 is 0. The van der Waals surface area contributed by atoms with E-state index in [2.05, 4.69) is 5.32 Å². The molecular formula is C13H16FNO5. The van der Waals surface area contributed by atoms with Gasteiger partial charge in [0.15, 0.2) is 0 Å². The molecule has 110 valence electrons. The van der Waals surface area contributed by atoms with Crippen molar-refractivity contribution in [3.8, 4) is 0 Å². The van der Waals surface area contributed by atoms with Crippen LogP contribution in [0.25, 0.3) is 0 Å². The van der Waals surface area contributed by atoms with Crippen LogP contribution >= 0.6 is 0 Å². The number of ether oxygens (including phenoxy) is 2. The van der Waals surface area contributed by atoms with Crippen LogP contribution in [0.4, 0.5) is 10.1 Å². The van der Waals surface area contributed by atoms with Crippen molar-refractivity contribution in [3.05, 3.63) is 29.6 Å². The summed E-state index contributed by atoms with van der Waals surface area (Å²) in [5.41, 5.74) is -0.236. The van der Waals surface area contributed by atoms with E-state index in [0.717, 1.165) is 6.07 Å². The second-order valence-corrected chi connectivity index (χ2v) is 3.90. The number of carbonyl (C=O) groups is 2. The number of aromatic carboxylic acids is 1. The number of carbonyl (C=O) groups excluding carboxylic acids is 1. The maximum absolute atomic E-state index is 13.5. The molecule has 0 atom stereocenters. The summed E-state index contributed by atoms with van der Waals surface area (Å²) in [5.74, 6) is -2.43. The number of anilines is 1. The van der Waals surface area contributed by atoms with Crippen molar-refractivity contribution in [1.29, 1.82) is 0 Å². The van der Waals surface area contributed by atoms with E-state index in [1.165, 1.54) is 12.1 Å². The Hall–Kier alpha value is -1.99. The summed E-state index contributed by atoms with van der Waals surface area (Å²) in [6.45, 7) is 1.02. The first-order valence-electron chi connectivity index (χ1n) is 5.94. The van der Waals surface area contributed by atoms with Gasteiger partial charge >= 0.3 is 5.97 Å². The number of nitrogens with one attached hydrogen (secondary N) is 1. The molecule has 0 unspecified atom stereocenters. The van der Waals surface area contributed by atoms with Crippen LogP contribution in [0.15, 0.2) is 18.2 Å². The average molecular weight is 285 g/mol. The van der Waals surface area contributed by atoms with Gasteiger partial charge in [-0.05, 0) is 18.2 Å². The summed E-state index contributed by atoms with van der Waals surface area (Å²) in [4.78, 5) is 22.1. The highest BCUT2D eigenvalue weighted by atomic mass is 19.1. The van der Waals surface area contributed by atoms with Gasteiger partial charge < -0.3 is 19.9 Å². The van der Waals surface area contributed by atoms with Gasteiger partial charge in [-0.25, -0.2) is 9.18 Å². The third-order valence-electron chi connectivity index (χ3n) is 2.40. The van der Waals surface area contributed by atoms with Gasteiger partial charge in [0.05, 0.1) is 37.5 Å². The molecule has 1 aromatic rings. The zero-order chi connectivity index (χ0) is 15.0. The molecule has 0 radical (unpaired) electrons. The lowest BCUT2D eigenvalue weighted by Crippen LogP contribution is -2.16. The molecule has 1 rings (SSSR count). The smallest absolute Gasteiger partial charge is 0.335 e. The number of amides is 1. The molecule has 0 fully saturated rings. The number of carboxylic acid groups (broad SMARTS) is 1. The maximum atomic E-state index is 13.5. The molecular weight excluding hydrogens is 269 g/mol. The molecule has 7 heteroatoms. The highest BCUT2D eigenvalue weighted by Crippen LogP contribution is 2.16. The SMILES string of the molecule is COCCOCCC(=O)Nc1ccc(C(=O)O)cc1F. The first kappa shape index (κ1) is 16.1. The third kappa shape index (κ3) is 5.33. The summed E-state index contributed by atoms with van der Waals surface area (Å²) < 4.78 is 23.4. The molecule has 0 aliphatic carbocycles. The van der Waals surface area contributed by atoms with Gasteiger partial charge in [0, 0.05) is 7.11 Å². The number of rotatable bonds is 8. The van der Waals surface area contributed by atoms with E-state index in [1.807, 2.05) is 0 Å². The first-order valence-corrected chi connectivity index (χ1v) is 5.94. The van der Waals surface area contributed by atoms with Crippen LogP contribution in [-0.4, -0.2) is 43.9 Å². The van der Waals surface area contributed by atoms with Gasteiger partial charge in [-0.15, -0.1) is 0 Å². The Bertz CT molecular complexity index is 478. The van der Waals surface area contributed by atoms with E-state index < -0.39 is 17.7 Å². The lowest BCUT2D eigenvalue weighted by molar-refractivity contribution is -0.117. The molecule has 0 aliphatic heterocycles. The third-order valence-corrected chi connectivity index (χ3v) is 2.40. The Labute approximate surface area is 115 Å². The fourth-order valence-electron chi connectivity index (χ4n) is 1.37. The molecule has 0 saturated carbocycles. The van der Waals surface area contributed by atoms with Crippen LogP contribution in [0.3, 0.4) is 0 Å². The molecule has 0 aliphatic rings.